The summed E-state index contributed by atoms with van der Waals surface area (Å²) in [6.07, 6.45) is 1.40. The number of fused-ring (bicyclic) bond motifs is 2. The van der Waals surface area contributed by atoms with Gasteiger partial charge in [-0.15, -0.1) is 0 Å². The van der Waals surface area contributed by atoms with Gasteiger partial charge in [0.25, 0.3) is 0 Å². The molecular formula is C13H14N2O5. The molecule has 0 aromatic carbocycles. The summed E-state index contributed by atoms with van der Waals surface area (Å²) in [6, 6.07) is 1.95. The Morgan fingerprint density at radius 1 is 1.65 bits per heavy atom. The van der Waals surface area contributed by atoms with Gasteiger partial charge >= 0.3 is 11.9 Å². The summed E-state index contributed by atoms with van der Waals surface area (Å²) in [5.41, 5.74) is -1.45. The number of esters is 2. The van der Waals surface area contributed by atoms with Gasteiger partial charge in [-0.2, -0.15) is 5.26 Å². The Kier molecular flexibility index (Phi) is 3.74. The zero-order valence-corrected chi connectivity index (χ0v) is 10.8. The van der Waals surface area contributed by atoms with Crippen molar-refractivity contribution in [3.05, 3.63) is 12.7 Å². The van der Waals surface area contributed by atoms with Crippen molar-refractivity contribution < 1.29 is 23.9 Å². The van der Waals surface area contributed by atoms with E-state index in [1.165, 1.54) is 0 Å². The van der Waals surface area contributed by atoms with E-state index >= 15 is 0 Å². The summed E-state index contributed by atoms with van der Waals surface area (Å²) >= 11 is 0. The van der Waals surface area contributed by atoms with Gasteiger partial charge in [-0.25, -0.2) is 0 Å². The molecule has 1 heterocycles. The number of ether oxygens (including phenoxy) is 2. The highest BCUT2D eigenvalue weighted by Crippen LogP contribution is 2.42. The Bertz CT molecular complexity index is 509. The van der Waals surface area contributed by atoms with Gasteiger partial charge < -0.3 is 14.8 Å². The number of carbonyl (C=O) groups is 3. The first-order valence-electron chi connectivity index (χ1n) is 6.24. The molecule has 2 bridgehead atoms. The molecule has 1 saturated carbocycles. The molecule has 1 aliphatic heterocycles. The number of nitrogens with one attached hydrogen (secondary N) is 1. The van der Waals surface area contributed by atoms with Crippen molar-refractivity contribution in [3.63, 3.8) is 0 Å². The van der Waals surface area contributed by atoms with Crippen molar-refractivity contribution in [2.24, 2.45) is 5.92 Å². The van der Waals surface area contributed by atoms with Crippen LogP contribution in [-0.4, -0.2) is 36.1 Å². The molecule has 1 N–H and O–H groups in total. The van der Waals surface area contributed by atoms with Crippen molar-refractivity contribution in [1.29, 1.82) is 5.26 Å². The molecule has 3 unspecified atom stereocenters. The summed E-state index contributed by atoms with van der Waals surface area (Å²) < 4.78 is 10.3. The quantitative estimate of drug-likeness (QED) is 0.565. The smallest absolute Gasteiger partial charge is 0.327 e. The van der Waals surface area contributed by atoms with Crippen LogP contribution in [-0.2, 0) is 23.9 Å². The van der Waals surface area contributed by atoms with E-state index in [0.717, 1.165) is 6.08 Å². The first-order valence-corrected chi connectivity index (χ1v) is 6.24. The standard InChI is InChI=1S/C13H14N2O5/c1-2-10(16)15-6-11(17)20-13(7-14)4-3-8-5-9(13)19-12(8)18/h2,8-9H,1,3-6H2,(H,15,16). The summed E-state index contributed by atoms with van der Waals surface area (Å²) in [4.78, 5) is 34.1. The number of nitrogens with zero attached hydrogens (tertiary/aromatic N) is 1. The Balaban J connectivity index is 2.00. The van der Waals surface area contributed by atoms with E-state index in [9.17, 15) is 19.6 Å². The normalized spacial score (nSPS) is 30.9. The van der Waals surface area contributed by atoms with Gasteiger partial charge in [0, 0.05) is 12.8 Å². The summed E-state index contributed by atoms with van der Waals surface area (Å²) in [6.45, 7) is 2.89. The first kappa shape index (κ1) is 14.1. The number of amides is 1. The van der Waals surface area contributed by atoms with Crippen molar-refractivity contribution >= 4 is 17.8 Å². The topological polar surface area (TPSA) is 105 Å². The zero-order chi connectivity index (χ0) is 14.8. The Labute approximate surface area is 115 Å². The van der Waals surface area contributed by atoms with Crippen molar-refractivity contribution in [2.75, 3.05) is 6.54 Å². The molecule has 7 nitrogen and oxygen atoms in total. The van der Waals surface area contributed by atoms with E-state index < -0.39 is 23.6 Å². The average Bonchev–Trinajstić information content (AvgIpc) is 2.77. The second-order valence-corrected chi connectivity index (χ2v) is 4.79. The molecule has 1 saturated heterocycles. The van der Waals surface area contributed by atoms with Gasteiger partial charge in [-0.05, 0) is 12.5 Å². The maximum absolute atomic E-state index is 11.7. The molecule has 0 spiro atoms. The molecule has 2 rings (SSSR count). The second-order valence-electron chi connectivity index (χ2n) is 4.79. The van der Waals surface area contributed by atoms with Crippen molar-refractivity contribution in [2.45, 2.75) is 31.0 Å². The third kappa shape index (κ3) is 2.50. The molecule has 0 radical (unpaired) electrons. The third-order valence-corrected chi connectivity index (χ3v) is 3.55. The molecule has 1 amide bonds. The maximum Gasteiger partial charge on any atom is 0.327 e. The summed E-state index contributed by atoms with van der Waals surface area (Å²) in [5, 5.41) is 11.6. The highest BCUT2D eigenvalue weighted by atomic mass is 16.6. The van der Waals surface area contributed by atoms with Crippen LogP contribution in [0.3, 0.4) is 0 Å². The summed E-state index contributed by atoms with van der Waals surface area (Å²) in [7, 11) is 0. The number of hydrogen-bond donors (Lipinski definition) is 1. The second kappa shape index (κ2) is 5.33. The van der Waals surface area contributed by atoms with Crippen LogP contribution in [0.1, 0.15) is 19.3 Å². The number of carbonyl (C=O) groups excluding carboxylic acids is 3. The monoisotopic (exact) mass is 278 g/mol. The Morgan fingerprint density at radius 3 is 3.05 bits per heavy atom. The molecule has 20 heavy (non-hydrogen) atoms. The number of hydrogen-bond acceptors (Lipinski definition) is 6. The maximum atomic E-state index is 11.7. The van der Waals surface area contributed by atoms with E-state index in [4.69, 9.17) is 9.47 Å². The van der Waals surface area contributed by atoms with Crippen LogP contribution in [0.25, 0.3) is 0 Å². The predicted octanol–water partition coefficient (Wildman–Crippen LogP) is -0.180. The minimum absolute atomic E-state index is 0.208. The minimum atomic E-state index is -1.45. The van der Waals surface area contributed by atoms with Gasteiger partial charge in [-0.3, -0.25) is 14.4 Å². The first-order chi connectivity index (χ1) is 9.50. The fourth-order valence-electron chi connectivity index (χ4n) is 2.45. The van der Waals surface area contributed by atoms with Gasteiger partial charge in [0.05, 0.1) is 5.92 Å². The van der Waals surface area contributed by atoms with Gasteiger partial charge in [0.2, 0.25) is 11.5 Å². The van der Waals surface area contributed by atoms with Crippen LogP contribution >= 0.6 is 0 Å². The molecule has 3 atom stereocenters. The SMILES string of the molecule is C=CC(=O)NCC(=O)OC1(C#N)CCC2CC1OC2=O. The molecular weight excluding hydrogens is 264 g/mol. The van der Waals surface area contributed by atoms with Gasteiger partial charge in [-0.1, -0.05) is 6.58 Å². The van der Waals surface area contributed by atoms with E-state index in [1.54, 1.807) is 0 Å². The lowest BCUT2D eigenvalue weighted by molar-refractivity contribution is -0.169. The van der Waals surface area contributed by atoms with Crippen LogP contribution in [0.2, 0.25) is 0 Å². The molecule has 0 aromatic heterocycles. The van der Waals surface area contributed by atoms with E-state index in [-0.39, 0.29) is 24.9 Å². The van der Waals surface area contributed by atoms with Crippen LogP contribution < -0.4 is 5.32 Å². The van der Waals surface area contributed by atoms with Gasteiger partial charge in [0.1, 0.15) is 12.6 Å². The van der Waals surface area contributed by atoms with Crippen LogP contribution in [0.5, 0.6) is 0 Å². The molecule has 0 aromatic rings. The Hall–Kier alpha value is -2.36. The fraction of sp³-hybridized carbons (Fsp3) is 0.538. The fourth-order valence-corrected chi connectivity index (χ4v) is 2.45. The van der Waals surface area contributed by atoms with E-state index in [2.05, 4.69) is 11.9 Å². The Morgan fingerprint density at radius 2 is 2.40 bits per heavy atom. The average molecular weight is 278 g/mol. The van der Waals surface area contributed by atoms with Crippen molar-refractivity contribution in [3.8, 4) is 6.07 Å². The van der Waals surface area contributed by atoms with Crippen LogP contribution in [0.4, 0.5) is 0 Å². The minimum Gasteiger partial charge on any atom is -0.457 e. The number of nitriles is 1. The van der Waals surface area contributed by atoms with Crippen LogP contribution in [0.15, 0.2) is 12.7 Å². The third-order valence-electron chi connectivity index (χ3n) is 3.55. The lowest BCUT2D eigenvalue weighted by Crippen LogP contribution is -2.48. The predicted molar refractivity (Wildman–Crippen MR) is 64.9 cm³/mol. The zero-order valence-electron chi connectivity index (χ0n) is 10.8. The molecule has 2 fully saturated rings. The highest BCUT2D eigenvalue weighted by Gasteiger charge is 2.55. The van der Waals surface area contributed by atoms with E-state index in [0.29, 0.717) is 12.8 Å². The van der Waals surface area contributed by atoms with E-state index in [1.807, 2.05) is 6.07 Å². The highest BCUT2D eigenvalue weighted by molar-refractivity contribution is 5.89. The molecule has 2 aliphatic rings. The molecule has 1 aliphatic carbocycles. The molecule has 106 valence electrons. The van der Waals surface area contributed by atoms with Gasteiger partial charge in [0.15, 0.2) is 6.10 Å². The lowest BCUT2D eigenvalue weighted by Gasteiger charge is -2.33. The summed E-state index contributed by atoms with van der Waals surface area (Å²) in [5.74, 6) is -1.81. The van der Waals surface area contributed by atoms with Crippen molar-refractivity contribution in [1.82, 2.24) is 5.32 Å². The number of rotatable bonds is 4. The lowest BCUT2D eigenvalue weighted by atomic mass is 9.79. The largest absolute Gasteiger partial charge is 0.457 e. The molecule has 7 heteroatoms. The van der Waals surface area contributed by atoms with Crippen LogP contribution in [0, 0.1) is 17.2 Å².